The molecule has 0 aliphatic carbocycles. The SMILES string of the molecule is CCCCC[C@H](O)/C=C/B1OC(C)(C)C(C)(C)O1. The average Bonchev–Trinajstić information content (AvgIpc) is 2.45. The van der Waals surface area contributed by atoms with Gasteiger partial charge in [-0.05, 0) is 34.1 Å². The molecule has 0 spiro atoms. The fourth-order valence-electron chi connectivity index (χ4n) is 1.89. The Morgan fingerprint density at radius 2 is 1.67 bits per heavy atom. The van der Waals surface area contributed by atoms with Gasteiger partial charge in [0.15, 0.2) is 0 Å². The molecular weight excluding hydrogens is 227 g/mol. The summed E-state index contributed by atoms with van der Waals surface area (Å²) < 4.78 is 11.6. The zero-order valence-electron chi connectivity index (χ0n) is 12.4. The van der Waals surface area contributed by atoms with Crippen LogP contribution in [0, 0.1) is 0 Å². The van der Waals surface area contributed by atoms with Crippen molar-refractivity contribution in [1.29, 1.82) is 0 Å². The molecule has 18 heavy (non-hydrogen) atoms. The van der Waals surface area contributed by atoms with Gasteiger partial charge in [-0.1, -0.05) is 38.2 Å². The molecule has 0 amide bonds. The van der Waals surface area contributed by atoms with Gasteiger partial charge in [0.05, 0.1) is 17.3 Å². The van der Waals surface area contributed by atoms with Crippen LogP contribution in [0.1, 0.15) is 60.3 Å². The summed E-state index contributed by atoms with van der Waals surface area (Å²) in [6.07, 6.45) is 5.61. The van der Waals surface area contributed by atoms with Crippen LogP contribution in [0.5, 0.6) is 0 Å². The van der Waals surface area contributed by atoms with E-state index < -0.39 is 6.10 Å². The molecule has 0 aromatic rings. The summed E-state index contributed by atoms with van der Waals surface area (Å²) >= 11 is 0. The first-order chi connectivity index (χ1) is 8.28. The Balaban J connectivity index is 2.40. The van der Waals surface area contributed by atoms with E-state index in [0.717, 1.165) is 12.8 Å². The molecule has 0 saturated carbocycles. The molecule has 104 valence electrons. The number of unbranched alkanes of at least 4 members (excludes halogenated alkanes) is 2. The molecular formula is C14H27BO3. The van der Waals surface area contributed by atoms with Crippen LogP contribution < -0.4 is 0 Å². The van der Waals surface area contributed by atoms with E-state index in [0.29, 0.717) is 0 Å². The van der Waals surface area contributed by atoms with Gasteiger partial charge >= 0.3 is 7.12 Å². The van der Waals surface area contributed by atoms with Gasteiger partial charge in [-0.2, -0.15) is 0 Å². The summed E-state index contributed by atoms with van der Waals surface area (Å²) in [5.74, 6) is 1.83. The normalized spacial score (nSPS) is 23.8. The van der Waals surface area contributed by atoms with Crippen LogP contribution in [0.25, 0.3) is 0 Å². The van der Waals surface area contributed by atoms with E-state index in [1.165, 1.54) is 12.8 Å². The van der Waals surface area contributed by atoms with Crippen LogP contribution in [0.2, 0.25) is 0 Å². The van der Waals surface area contributed by atoms with Crippen LogP contribution in [0.15, 0.2) is 12.1 Å². The lowest BCUT2D eigenvalue weighted by atomic mass is 9.89. The quantitative estimate of drug-likeness (QED) is 0.584. The van der Waals surface area contributed by atoms with Crippen molar-refractivity contribution >= 4 is 7.12 Å². The minimum Gasteiger partial charge on any atom is -0.400 e. The molecule has 1 aliphatic heterocycles. The van der Waals surface area contributed by atoms with Gasteiger partial charge in [0.2, 0.25) is 0 Å². The second-order valence-corrected chi connectivity index (χ2v) is 6.07. The van der Waals surface area contributed by atoms with E-state index in [1.807, 2.05) is 33.7 Å². The Labute approximate surface area is 112 Å². The van der Waals surface area contributed by atoms with Crippen LogP contribution in [-0.4, -0.2) is 29.5 Å². The van der Waals surface area contributed by atoms with E-state index in [4.69, 9.17) is 9.31 Å². The monoisotopic (exact) mass is 254 g/mol. The van der Waals surface area contributed by atoms with Crippen molar-refractivity contribution in [3.05, 3.63) is 12.1 Å². The fourth-order valence-corrected chi connectivity index (χ4v) is 1.89. The van der Waals surface area contributed by atoms with E-state index in [-0.39, 0.29) is 18.3 Å². The predicted octanol–water partition coefficient (Wildman–Crippen LogP) is 3.12. The molecule has 1 aliphatic rings. The number of rotatable bonds is 6. The molecule has 0 aromatic heterocycles. The zero-order chi connectivity index (χ0) is 13.8. The second kappa shape index (κ2) is 6.22. The van der Waals surface area contributed by atoms with Gasteiger partial charge in [0.25, 0.3) is 0 Å². The van der Waals surface area contributed by atoms with Crippen LogP contribution in [0.4, 0.5) is 0 Å². The maximum Gasteiger partial charge on any atom is 0.486 e. The van der Waals surface area contributed by atoms with Gasteiger partial charge in [0, 0.05) is 0 Å². The lowest BCUT2D eigenvalue weighted by Gasteiger charge is -2.32. The van der Waals surface area contributed by atoms with Crippen LogP contribution in [0.3, 0.4) is 0 Å². The van der Waals surface area contributed by atoms with Crippen molar-refractivity contribution in [3.8, 4) is 0 Å². The molecule has 1 fully saturated rings. The number of aliphatic hydroxyl groups excluding tert-OH is 1. The van der Waals surface area contributed by atoms with Gasteiger partial charge in [0.1, 0.15) is 0 Å². The van der Waals surface area contributed by atoms with Gasteiger partial charge in [-0.25, -0.2) is 0 Å². The molecule has 1 saturated heterocycles. The maximum atomic E-state index is 9.80. The van der Waals surface area contributed by atoms with Gasteiger partial charge < -0.3 is 14.4 Å². The highest BCUT2D eigenvalue weighted by Gasteiger charge is 2.49. The van der Waals surface area contributed by atoms with Crippen molar-refractivity contribution < 1.29 is 14.4 Å². The molecule has 1 rings (SSSR count). The Morgan fingerprint density at radius 3 is 2.17 bits per heavy atom. The second-order valence-electron chi connectivity index (χ2n) is 6.07. The van der Waals surface area contributed by atoms with Gasteiger partial charge in [-0.3, -0.25) is 0 Å². The molecule has 0 bridgehead atoms. The van der Waals surface area contributed by atoms with Crippen LogP contribution >= 0.6 is 0 Å². The molecule has 0 radical (unpaired) electrons. The summed E-state index contributed by atoms with van der Waals surface area (Å²) in [4.78, 5) is 0. The Morgan fingerprint density at radius 1 is 1.11 bits per heavy atom. The van der Waals surface area contributed by atoms with Crippen LogP contribution in [-0.2, 0) is 9.31 Å². The lowest BCUT2D eigenvalue weighted by Crippen LogP contribution is -2.41. The molecule has 0 aromatic carbocycles. The Kier molecular flexibility index (Phi) is 5.44. The van der Waals surface area contributed by atoms with E-state index in [2.05, 4.69) is 6.92 Å². The fraction of sp³-hybridized carbons (Fsp3) is 0.857. The van der Waals surface area contributed by atoms with Gasteiger partial charge in [-0.15, -0.1) is 0 Å². The number of aliphatic hydroxyl groups is 1. The van der Waals surface area contributed by atoms with E-state index in [9.17, 15) is 5.11 Å². The van der Waals surface area contributed by atoms with Crippen molar-refractivity contribution in [1.82, 2.24) is 0 Å². The first-order valence-electron chi connectivity index (χ1n) is 7.00. The van der Waals surface area contributed by atoms with E-state index >= 15 is 0 Å². The number of hydrogen-bond acceptors (Lipinski definition) is 3. The largest absolute Gasteiger partial charge is 0.486 e. The molecule has 1 N–H and O–H groups in total. The highest BCUT2D eigenvalue weighted by Crippen LogP contribution is 2.36. The maximum absolute atomic E-state index is 9.80. The molecule has 4 heteroatoms. The van der Waals surface area contributed by atoms with Crippen molar-refractivity contribution in [2.75, 3.05) is 0 Å². The lowest BCUT2D eigenvalue weighted by molar-refractivity contribution is 0.00578. The first-order valence-corrected chi connectivity index (χ1v) is 7.00. The topological polar surface area (TPSA) is 38.7 Å². The Bertz CT molecular complexity index is 271. The first kappa shape index (κ1) is 15.7. The summed E-state index contributed by atoms with van der Waals surface area (Å²) in [6, 6.07) is 0. The summed E-state index contributed by atoms with van der Waals surface area (Å²) in [5, 5.41) is 9.80. The zero-order valence-corrected chi connectivity index (χ0v) is 12.4. The third-order valence-electron chi connectivity index (χ3n) is 3.87. The third kappa shape index (κ3) is 4.11. The van der Waals surface area contributed by atoms with Crippen molar-refractivity contribution in [2.45, 2.75) is 77.6 Å². The van der Waals surface area contributed by atoms with E-state index in [1.54, 1.807) is 6.08 Å². The summed E-state index contributed by atoms with van der Waals surface area (Å²) in [7, 11) is -0.351. The standard InChI is InChI=1S/C14H27BO3/c1-6-7-8-9-12(16)10-11-15-17-13(2,3)14(4,5)18-15/h10-12,16H,6-9H2,1-5H3/b11-10+/t12-/m0/s1. The minimum atomic E-state index is -0.393. The third-order valence-corrected chi connectivity index (χ3v) is 3.87. The summed E-state index contributed by atoms with van der Waals surface area (Å²) in [5.41, 5.74) is -0.621. The Hall–Kier alpha value is -0.315. The minimum absolute atomic E-state index is 0.310. The summed E-state index contributed by atoms with van der Waals surface area (Å²) in [6.45, 7) is 10.3. The average molecular weight is 254 g/mol. The molecule has 1 atom stereocenters. The predicted molar refractivity (Wildman–Crippen MR) is 75.4 cm³/mol. The smallest absolute Gasteiger partial charge is 0.400 e. The molecule has 0 unspecified atom stereocenters. The highest BCUT2D eigenvalue weighted by atomic mass is 16.7. The molecule has 1 heterocycles. The highest BCUT2D eigenvalue weighted by molar-refractivity contribution is 6.51. The van der Waals surface area contributed by atoms with Crippen molar-refractivity contribution in [2.24, 2.45) is 0 Å². The van der Waals surface area contributed by atoms with Crippen molar-refractivity contribution in [3.63, 3.8) is 0 Å². The number of hydrogen-bond donors (Lipinski definition) is 1. The molecule has 3 nitrogen and oxygen atoms in total.